The number of halogens is 3. The van der Waals surface area contributed by atoms with Crippen LogP contribution < -0.4 is 0 Å². The molecule has 0 saturated carbocycles. The molecule has 140 valence electrons. The van der Waals surface area contributed by atoms with E-state index >= 15 is 0 Å². The van der Waals surface area contributed by atoms with Crippen LogP contribution in [0.1, 0.15) is 29.4 Å². The summed E-state index contributed by atoms with van der Waals surface area (Å²) in [6.07, 6.45) is -4.08. The van der Waals surface area contributed by atoms with E-state index in [0.29, 0.717) is 36.1 Å². The fraction of sp³-hybridized carbons (Fsp3) is 0.444. The van der Waals surface area contributed by atoms with Gasteiger partial charge in [0.1, 0.15) is 5.69 Å². The van der Waals surface area contributed by atoms with Crippen LogP contribution in [0, 0.1) is 11.8 Å². The predicted molar refractivity (Wildman–Crippen MR) is 88.7 cm³/mol. The van der Waals surface area contributed by atoms with Gasteiger partial charge in [0.15, 0.2) is 0 Å². The molecule has 2 heterocycles. The van der Waals surface area contributed by atoms with Crippen LogP contribution >= 0.6 is 0 Å². The number of carbonyl (C=O) groups is 2. The van der Waals surface area contributed by atoms with Crippen molar-refractivity contribution in [3.63, 3.8) is 0 Å². The standard InChI is InChI=1S/C18H19F3N2O3/c1-10-9-23(6-5-13(10)17(25)26)16(24)15-8-11-7-12(18(19,20)21)3-4-14(11)22(15)2/h3-4,7-8,10,13H,5-6,9H2,1-2H3,(H,25,26). The van der Waals surface area contributed by atoms with Gasteiger partial charge in [0.05, 0.1) is 11.5 Å². The zero-order valence-electron chi connectivity index (χ0n) is 14.4. The number of likely N-dealkylation sites (tertiary alicyclic amines) is 1. The van der Waals surface area contributed by atoms with E-state index in [1.165, 1.54) is 12.1 Å². The van der Waals surface area contributed by atoms with Gasteiger partial charge in [-0.05, 0) is 36.6 Å². The molecule has 0 aliphatic carbocycles. The summed E-state index contributed by atoms with van der Waals surface area (Å²) in [5, 5.41) is 9.53. The van der Waals surface area contributed by atoms with Crippen LogP contribution in [0.3, 0.4) is 0 Å². The third-order valence-corrected chi connectivity index (χ3v) is 5.10. The van der Waals surface area contributed by atoms with Crippen LogP contribution in [0.2, 0.25) is 0 Å². The number of nitrogens with zero attached hydrogens (tertiary/aromatic N) is 2. The highest BCUT2D eigenvalue weighted by molar-refractivity contribution is 5.99. The van der Waals surface area contributed by atoms with Gasteiger partial charge in [-0.15, -0.1) is 0 Å². The highest BCUT2D eigenvalue weighted by Crippen LogP contribution is 2.33. The Balaban J connectivity index is 1.89. The first-order valence-corrected chi connectivity index (χ1v) is 8.28. The SMILES string of the molecule is CC1CN(C(=O)c2cc3cc(C(F)(F)F)ccc3n2C)CCC1C(=O)O. The van der Waals surface area contributed by atoms with E-state index in [4.69, 9.17) is 0 Å². The molecular weight excluding hydrogens is 349 g/mol. The Hall–Kier alpha value is -2.51. The van der Waals surface area contributed by atoms with E-state index in [1.807, 2.05) is 0 Å². The second-order valence-corrected chi connectivity index (χ2v) is 6.82. The molecule has 0 spiro atoms. The molecule has 26 heavy (non-hydrogen) atoms. The number of benzene rings is 1. The number of rotatable bonds is 2. The Labute approximate surface area is 148 Å². The van der Waals surface area contributed by atoms with Crippen molar-refractivity contribution >= 4 is 22.8 Å². The summed E-state index contributed by atoms with van der Waals surface area (Å²) in [5.74, 6) is -1.83. The topological polar surface area (TPSA) is 62.5 Å². The molecule has 1 saturated heterocycles. The Bertz CT molecular complexity index is 872. The van der Waals surface area contributed by atoms with E-state index in [1.54, 1.807) is 23.4 Å². The zero-order chi connectivity index (χ0) is 19.2. The molecule has 1 aliphatic heterocycles. The summed E-state index contributed by atoms with van der Waals surface area (Å²) in [6, 6.07) is 4.84. The van der Waals surface area contributed by atoms with Gasteiger partial charge >= 0.3 is 12.1 Å². The maximum atomic E-state index is 12.9. The summed E-state index contributed by atoms with van der Waals surface area (Å²) >= 11 is 0. The highest BCUT2D eigenvalue weighted by Gasteiger charge is 2.34. The molecule has 1 N–H and O–H groups in total. The summed E-state index contributed by atoms with van der Waals surface area (Å²) < 4.78 is 40.2. The number of fused-ring (bicyclic) bond motifs is 1. The van der Waals surface area contributed by atoms with Crippen LogP contribution in [-0.2, 0) is 18.0 Å². The Morgan fingerprint density at radius 1 is 1.23 bits per heavy atom. The summed E-state index contributed by atoms with van der Waals surface area (Å²) in [5.41, 5.74) is 0.0700. The molecule has 3 rings (SSSR count). The maximum Gasteiger partial charge on any atom is 0.416 e. The van der Waals surface area contributed by atoms with Gasteiger partial charge in [-0.25, -0.2) is 0 Å². The number of aryl methyl sites for hydroxylation is 1. The van der Waals surface area contributed by atoms with Crippen molar-refractivity contribution in [3.05, 3.63) is 35.5 Å². The highest BCUT2D eigenvalue weighted by atomic mass is 19.4. The number of carbonyl (C=O) groups excluding carboxylic acids is 1. The van der Waals surface area contributed by atoms with Crippen molar-refractivity contribution in [1.82, 2.24) is 9.47 Å². The Morgan fingerprint density at radius 3 is 2.50 bits per heavy atom. The van der Waals surface area contributed by atoms with Crippen molar-refractivity contribution < 1.29 is 27.9 Å². The summed E-state index contributed by atoms with van der Waals surface area (Å²) in [7, 11) is 1.64. The number of aromatic nitrogens is 1. The molecule has 1 aliphatic rings. The fourth-order valence-corrected chi connectivity index (χ4v) is 3.59. The Morgan fingerprint density at radius 2 is 1.92 bits per heavy atom. The van der Waals surface area contributed by atoms with Crippen LogP contribution in [0.4, 0.5) is 13.2 Å². The minimum Gasteiger partial charge on any atom is -0.481 e. The fourth-order valence-electron chi connectivity index (χ4n) is 3.59. The minimum atomic E-state index is -4.44. The first-order chi connectivity index (χ1) is 12.1. The largest absolute Gasteiger partial charge is 0.481 e. The molecule has 0 radical (unpaired) electrons. The molecule has 2 unspecified atom stereocenters. The van der Waals surface area contributed by atoms with Crippen LogP contribution in [0.25, 0.3) is 10.9 Å². The van der Waals surface area contributed by atoms with Crippen molar-refractivity contribution in [3.8, 4) is 0 Å². The summed E-state index contributed by atoms with van der Waals surface area (Å²) in [6.45, 7) is 2.41. The normalized spacial score (nSPS) is 21.2. The number of hydrogen-bond acceptors (Lipinski definition) is 2. The molecular formula is C18H19F3N2O3. The second-order valence-electron chi connectivity index (χ2n) is 6.82. The lowest BCUT2D eigenvalue weighted by Crippen LogP contribution is -2.45. The Kier molecular flexibility index (Phi) is 4.46. The molecule has 5 nitrogen and oxygen atoms in total. The van der Waals surface area contributed by atoms with E-state index < -0.39 is 23.6 Å². The quantitative estimate of drug-likeness (QED) is 0.884. The third-order valence-electron chi connectivity index (χ3n) is 5.10. The predicted octanol–water partition coefficient (Wildman–Crippen LogP) is 3.38. The van der Waals surface area contributed by atoms with Gasteiger partial charge < -0.3 is 14.6 Å². The monoisotopic (exact) mass is 368 g/mol. The average Bonchev–Trinajstić information content (AvgIpc) is 2.89. The van der Waals surface area contributed by atoms with Gasteiger partial charge in [0.25, 0.3) is 5.91 Å². The average molecular weight is 368 g/mol. The van der Waals surface area contributed by atoms with Crippen molar-refractivity contribution in [2.45, 2.75) is 19.5 Å². The first-order valence-electron chi connectivity index (χ1n) is 8.28. The second kappa shape index (κ2) is 6.34. The molecule has 2 atom stereocenters. The van der Waals surface area contributed by atoms with Gasteiger partial charge in [0.2, 0.25) is 0 Å². The van der Waals surface area contributed by atoms with E-state index in [0.717, 1.165) is 12.1 Å². The lowest BCUT2D eigenvalue weighted by Gasteiger charge is -2.35. The third kappa shape index (κ3) is 3.15. The smallest absolute Gasteiger partial charge is 0.416 e. The number of piperidine rings is 1. The van der Waals surface area contributed by atoms with Gasteiger partial charge in [0, 0.05) is 31.0 Å². The molecule has 1 aromatic heterocycles. The number of aliphatic carboxylic acids is 1. The van der Waals surface area contributed by atoms with Gasteiger partial charge in [-0.1, -0.05) is 6.92 Å². The van der Waals surface area contributed by atoms with Gasteiger partial charge in [-0.3, -0.25) is 9.59 Å². The molecule has 0 bridgehead atoms. The lowest BCUT2D eigenvalue weighted by atomic mass is 9.87. The van der Waals surface area contributed by atoms with E-state index in [9.17, 15) is 27.9 Å². The lowest BCUT2D eigenvalue weighted by molar-refractivity contribution is -0.145. The maximum absolute atomic E-state index is 12.9. The molecule has 8 heteroatoms. The van der Waals surface area contributed by atoms with Crippen LogP contribution in [-0.4, -0.2) is 39.5 Å². The number of amides is 1. The minimum absolute atomic E-state index is 0.184. The first kappa shape index (κ1) is 18.3. The van der Waals surface area contributed by atoms with Crippen LogP contribution in [0.5, 0.6) is 0 Å². The molecule has 2 aromatic rings. The molecule has 1 amide bonds. The number of hydrogen-bond donors (Lipinski definition) is 1. The van der Waals surface area contributed by atoms with Crippen molar-refractivity contribution in [2.24, 2.45) is 18.9 Å². The number of alkyl halides is 3. The molecule has 1 aromatic carbocycles. The van der Waals surface area contributed by atoms with E-state index in [-0.39, 0.29) is 11.8 Å². The van der Waals surface area contributed by atoms with E-state index in [2.05, 4.69) is 0 Å². The van der Waals surface area contributed by atoms with Crippen molar-refractivity contribution in [2.75, 3.05) is 13.1 Å². The van der Waals surface area contributed by atoms with Crippen molar-refractivity contribution in [1.29, 1.82) is 0 Å². The zero-order valence-corrected chi connectivity index (χ0v) is 14.4. The van der Waals surface area contributed by atoms with Gasteiger partial charge in [-0.2, -0.15) is 13.2 Å². The molecule has 1 fully saturated rings. The number of carboxylic acid groups (broad SMARTS) is 1. The number of carboxylic acids is 1. The van der Waals surface area contributed by atoms with Crippen LogP contribution in [0.15, 0.2) is 24.3 Å². The summed E-state index contributed by atoms with van der Waals surface area (Å²) in [4.78, 5) is 25.6.